The van der Waals surface area contributed by atoms with Gasteiger partial charge in [-0.2, -0.15) is 0 Å². The summed E-state index contributed by atoms with van der Waals surface area (Å²) in [4.78, 5) is 34.9. The second-order valence-electron chi connectivity index (χ2n) is 5.33. The average molecular weight is 360 g/mol. The zero-order valence-corrected chi connectivity index (χ0v) is 14.2. The largest absolute Gasteiger partial charge is 0.366 e. The van der Waals surface area contributed by atoms with Gasteiger partial charge in [0.05, 0.1) is 17.1 Å². The van der Waals surface area contributed by atoms with Crippen molar-refractivity contribution in [2.24, 2.45) is 5.73 Å². The monoisotopic (exact) mass is 359 g/mol. The number of primary amides is 1. The van der Waals surface area contributed by atoms with E-state index in [0.717, 1.165) is 5.56 Å². The Kier molecular flexibility index (Phi) is 6.54. The molecule has 2 rings (SSSR count). The smallest absolute Gasteiger partial charge is 0.253 e. The van der Waals surface area contributed by atoms with E-state index in [1.165, 1.54) is 0 Å². The van der Waals surface area contributed by atoms with Crippen molar-refractivity contribution in [2.75, 3.05) is 13.1 Å². The minimum Gasteiger partial charge on any atom is -0.366 e. The number of carbonyl (C=O) groups excluding carboxylic acids is 3. The number of nitrogens with two attached hydrogens (primary N) is 1. The normalized spacial score (nSPS) is 10.1. The molecule has 0 aliphatic rings. The molecule has 0 spiro atoms. The molecule has 7 heteroatoms. The van der Waals surface area contributed by atoms with Crippen LogP contribution in [-0.2, 0) is 11.2 Å². The highest BCUT2D eigenvalue weighted by Crippen LogP contribution is 2.14. The van der Waals surface area contributed by atoms with Crippen molar-refractivity contribution in [3.63, 3.8) is 0 Å². The van der Waals surface area contributed by atoms with Crippen LogP contribution in [0.25, 0.3) is 0 Å². The summed E-state index contributed by atoms with van der Waals surface area (Å²) in [5, 5.41) is 5.54. The van der Waals surface area contributed by atoms with E-state index >= 15 is 0 Å². The molecular weight excluding hydrogens is 342 g/mol. The number of hydrogen-bond acceptors (Lipinski definition) is 3. The van der Waals surface area contributed by atoms with E-state index in [9.17, 15) is 14.4 Å². The fourth-order valence-electron chi connectivity index (χ4n) is 2.19. The van der Waals surface area contributed by atoms with Gasteiger partial charge in [-0.25, -0.2) is 0 Å². The molecule has 0 unspecified atom stereocenters. The molecule has 0 atom stereocenters. The zero-order valence-electron chi connectivity index (χ0n) is 13.4. The van der Waals surface area contributed by atoms with Crippen molar-refractivity contribution < 1.29 is 14.4 Å². The summed E-state index contributed by atoms with van der Waals surface area (Å²) in [6.45, 7) is 0.231. The van der Waals surface area contributed by atoms with Gasteiger partial charge in [-0.3, -0.25) is 14.4 Å². The number of amides is 3. The Morgan fingerprint density at radius 3 is 2.48 bits per heavy atom. The maximum Gasteiger partial charge on any atom is 0.253 e. The Morgan fingerprint density at radius 1 is 1.00 bits per heavy atom. The summed E-state index contributed by atoms with van der Waals surface area (Å²) < 4.78 is 0. The first-order valence-electron chi connectivity index (χ1n) is 7.65. The molecule has 0 aliphatic carbocycles. The van der Waals surface area contributed by atoms with E-state index in [4.69, 9.17) is 17.3 Å². The predicted molar refractivity (Wildman–Crippen MR) is 95.5 cm³/mol. The summed E-state index contributed by atoms with van der Waals surface area (Å²) in [7, 11) is 0. The lowest BCUT2D eigenvalue weighted by molar-refractivity contribution is -0.120. The predicted octanol–water partition coefficient (Wildman–Crippen LogP) is 1.53. The average Bonchev–Trinajstić information content (AvgIpc) is 2.60. The van der Waals surface area contributed by atoms with Gasteiger partial charge in [-0.05, 0) is 36.2 Å². The molecule has 0 saturated heterocycles. The molecule has 0 bridgehead atoms. The molecule has 25 heavy (non-hydrogen) atoms. The van der Waals surface area contributed by atoms with Crippen LogP contribution in [0.3, 0.4) is 0 Å². The molecule has 0 fully saturated rings. The third-order valence-electron chi connectivity index (χ3n) is 3.48. The van der Waals surface area contributed by atoms with Crippen LogP contribution in [0.4, 0.5) is 0 Å². The number of nitrogens with one attached hydrogen (secondary N) is 2. The lowest BCUT2D eigenvalue weighted by Gasteiger charge is -2.08. The Balaban J connectivity index is 1.76. The highest BCUT2D eigenvalue weighted by Gasteiger charge is 2.10. The van der Waals surface area contributed by atoms with Gasteiger partial charge < -0.3 is 16.4 Å². The summed E-state index contributed by atoms with van der Waals surface area (Å²) in [5.41, 5.74) is 6.86. The van der Waals surface area contributed by atoms with Gasteiger partial charge in [-0.15, -0.1) is 0 Å². The molecule has 4 N–H and O–H groups in total. The molecule has 2 aromatic carbocycles. The van der Waals surface area contributed by atoms with Crippen LogP contribution in [0, 0.1) is 0 Å². The zero-order chi connectivity index (χ0) is 18.2. The van der Waals surface area contributed by atoms with Crippen LogP contribution >= 0.6 is 11.6 Å². The van der Waals surface area contributed by atoms with Crippen LogP contribution < -0.4 is 16.4 Å². The minimum absolute atomic E-state index is 0.147. The molecular formula is C18H18ClN3O3. The number of hydrogen-bond donors (Lipinski definition) is 3. The third kappa shape index (κ3) is 5.61. The minimum atomic E-state index is -0.492. The van der Waals surface area contributed by atoms with E-state index in [1.54, 1.807) is 42.5 Å². The summed E-state index contributed by atoms with van der Waals surface area (Å²) in [6, 6.07) is 13.5. The highest BCUT2D eigenvalue weighted by molar-refractivity contribution is 6.33. The van der Waals surface area contributed by atoms with Gasteiger partial charge in [0.15, 0.2) is 0 Å². The molecule has 0 aromatic heterocycles. The molecule has 0 aliphatic heterocycles. The van der Waals surface area contributed by atoms with Crippen LogP contribution in [0.1, 0.15) is 26.3 Å². The number of rotatable bonds is 7. The molecule has 130 valence electrons. The first kappa shape index (κ1) is 18.5. The van der Waals surface area contributed by atoms with E-state index in [1.807, 2.05) is 6.07 Å². The van der Waals surface area contributed by atoms with Gasteiger partial charge >= 0.3 is 0 Å². The van der Waals surface area contributed by atoms with E-state index < -0.39 is 11.8 Å². The topological polar surface area (TPSA) is 101 Å². The Labute approximate surface area is 150 Å². The van der Waals surface area contributed by atoms with Crippen molar-refractivity contribution in [3.8, 4) is 0 Å². The maximum absolute atomic E-state index is 11.9. The third-order valence-corrected chi connectivity index (χ3v) is 3.80. The van der Waals surface area contributed by atoms with Crippen molar-refractivity contribution in [1.29, 1.82) is 0 Å². The quantitative estimate of drug-likeness (QED) is 0.698. The van der Waals surface area contributed by atoms with Crippen LogP contribution in [0.2, 0.25) is 5.02 Å². The summed E-state index contributed by atoms with van der Waals surface area (Å²) in [6.07, 6.45) is 0.547. The first-order valence-corrected chi connectivity index (χ1v) is 8.03. The van der Waals surface area contributed by atoms with Crippen molar-refractivity contribution >= 4 is 29.3 Å². The van der Waals surface area contributed by atoms with E-state index in [-0.39, 0.29) is 12.5 Å². The van der Waals surface area contributed by atoms with Gasteiger partial charge in [0.25, 0.3) is 5.91 Å². The van der Waals surface area contributed by atoms with Gasteiger partial charge in [0.1, 0.15) is 0 Å². The Bertz CT molecular complexity index is 793. The molecule has 3 amide bonds. The molecule has 0 heterocycles. The van der Waals surface area contributed by atoms with Crippen LogP contribution in [0.15, 0.2) is 48.5 Å². The lowest BCUT2D eigenvalue weighted by atomic mass is 10.1. The summed E-state index contributed by atoms with van der Waals surface area (Å²) >= 11 is 5.93. The number of halogens is 1. The molecule has 2 aromatic rings. The first-order chi connectivity index (χ1) is 12.0. The lowest BCUT2D eigenvalue weighted by Crippen LogP contribution is -2.37. The van der Waals surface area contributed by atoms with Crippen molar-refractivity contribution in [2.45, 2.75) is 6.42 Å². The van der Waals surface area contributed by atoms with Crippen molar-refractivity contribution in [1.82, 2.24) is 10.6 Å². The van der Waals surface area contributed by atoms with Gasteiger partial charge in [-0.1, -0.05) is 35.9 Å². The van der Waals surface area contributed by atoms with Crippen LogP contribution in [-0.4, -0.2) is 30.8 Å². The standard InChI is InChI=1S/C18H18ClN3O3/c19-15-7-2-1-6-14(15)18(25)22-11-16(23)21-9-8-12-4-3-5-13(10-12)17(20)24/h1-7,10H,8-9,11H2,(H2,20,24)(H,21,23)(H,22,25). The second kappa shape index (κ2) is 8.84. The molecule has 0 saturated carbocycles. The number of benzene rings is 2. The van der Waals surface area contributed by atoms with Gasteiger partial charge in [0, 0.05) is 12.1 Å². The fraction of sp³-hybridized carbons (Fsp3) is 0.167. The van der Waals surface area contributed by atoms with E-state index in [0.29, 0.717) is 29.1 Å². The van der Waals surface area contributed by atoms with Crippen LogP contribution in [0.5, 0.6) is 0 Å². The van der Waals surface area contributed by atoms with Crippen molar-refractivity contribution in [3.05, 3.63) is 70.2 Å². The Morgan fingerprint density at radius 2 is 1.76 bits per heavy atom. The number of carbonyl (C=O) groups is 3. The summed E-state index contributed by atoms with van der Waals surface area (Å²) in [5.74, 6) is -1.21. The Hall–Kier alpha value is -2.86. The highest BCUT2D eigenvalue weighted by atomic mass is 35.5. The molecule has 0 radical (unpaired) electrons. The van der Waals surface area contributed by atoms with Gasteiger partial charge in [0.2, 0.25) is 11.8 Å². The SMILES string of the molecule is NC(=O)c1cccc(CCNC(=O)CNC(=O)c2ccccc2Cl)c1. The second-order valence-corrected chi connectivity index (χ2v) is 5.73. The molecule has 6 nitrogen and oxygen atoms in total. The fourth-order valence-corrected chi connectivity index (χ4v) is 2.41. The maximum atomic E-state index is 11.9. The van der Waals surface area contributed by atoms with E-state index in [2.05, 4.69) is 10.6 Å².